The molecule has 66 heavy (non-hydrogen) atoms. The van der Waals surface area contributed by atoms with Crippen LogP contribution in [0.15, 0.2) is 140 Å². The van der Waals surface area contributed by atoms with E-state index in [1.807, 2.05) is 108 Å². The van der Waals surface area contributed by atoms with Gasteiger partial charge in [0.25, 0.3) is 0 Å². The van der Waals surface area contributed by atoms with E-state index in [1.165, 1.54) is 0 Å². The average Bonchev–Trinajstić information content (AvgIpc) is 3.91. The van der Waals surface area contributed by atoms with Gasteiger partial charge in [0.15, 0.2) is 11.6 Å². The van der Waals surface area contributed by atoms with Crippen LogP contribution in [-0.2, 0) is 0 Å². The zero-order valence-corrected chi connectivity index (χ0v) is 35.3. The third-order valence-corrected chi connectivity index (χ3v) is 12.5. The molecule has 282 valence electrons. The molecule has 0 saturated carbocycles. The van der Waals surface area contributed by atoms with Crippen LogP contribution in [0.4, 0.5) is 0 Å². The third kappa shape index (κ3) is 6.26. The van der Waals surface area contributed by atoms with Gasteiger partial charge in [-0.05, 0) is 51.2 Å². The number of benzene rings is 8. The Morgan fingerprint density at radius 2 is 0.621 bits per heavy atom. The van der Waals surface area contributed by atoms with Gasteiger partial charge in [-0.15, -0.1) is 21.9 Å². The van der Waals surface area contributed by atoms with Gasteiger partial charge in [0.05, 0.1) is 11.0 Å². The van der Waals surface area contributed by atoms with Gasteiger partial charge in [-0.3, -0.25) is 4.57 Å². The smallest absolute Gasteiger partial charge is 0.238 e. The fourth-order valence-corrected chi connectivity index (χ4v) is 9.22. The SMILES string of the molecule is [B]c1c([B])c([B])c2c(c1[B])c1c([B])c([B])c3c4c([B])c([B])c([B])c([B])c4n(-c4nc(-c5ccccc5)nc(-c5ccccc5)n4)c3c1n2-c1cccc(-c2cccc(-c3ccccc3)c2)c1. The van der Waals surface area contributed by atoms with Crippen LogP contribution in [0.5, 0.6) is 0 Å². The minimum absolute atomic E-state index is 0.0625. The maximum Gasteiger partial charge on any atom is 0.238 e. The molecule has 11 rings (SSSR count). The zero-order valence-electron chi connectivity index (χ0n) is 35.3. The van der Waals surface area contributed by atoms with Crippen molar-refractivity contribution in [2.45, 2.75) is 0 Å². The van der Waals surface area contributed by atoms with Crippen molar-refractivity contribution in [2.75, 3.05) is 0 Å². The first-order valence-electron chi connectivity index (χ1n) is 20.9. The van der Waals surface area contributed by atoms with Crippen LogP contribution in [0, 0.1) is 0 Å². The van der Waals surface area contributed by atoms with Crippen LogP contribution in [0.3, 0.4) is 0 Å². The Morgan fingerprint density at radius 1 is 0.273 bits per heavy atom. The summed E-state index contributed by atoms with van der Waals surface area (Å²) in [6, 6.07) is 45.7. The zero-order chi connectivity index (χ0) is 45.7. The Bertz CT molecular complexity index is 3760. The second-order valence-corrected chi connectivity index (χ2v) is 16.2. The molecule has 0 bridgehead atoms. The maximum atomic E-state index is 7.25. The highest BCUT2D eigenvalue weighted by molar-refractivity contribution is 6.71. The Hall–Kier alpha value is -6.98. The lowest BCUT2D eigenvalue weighted by molar-refractivity contribution is 0.955. The van der Waals surface area contributed by atoms with Gasteiger partial charge in [0.2, 0.25) is 5.95 Å². The van der Waals surface area contributed by atoms with Crippen molar-refractivity contribution >= 4 is 177 Å². The van der Waals surface area contributed by atoms with E-state index < -0.39 is 0 Å². The summed E-state index contributed by atoms with van der Waals surface area (Å²) in [7, 11) is 69.3. The van der Waals surface area contributed by atoms with E-state index in [0.717, 1.165) is 33.4 Å². The molecular weight excluding hydrogens is 791 g/mol. The predicted molar refractivity (Wildman–Crippen MR) is 284 cm³/mol. The summed E-state index contributed by atoms with van der Waals surface area (Å²) < 4.78 is 3.74. The summed E-state index contributed by atoms with van der Waals surface area (Å²) in [5, 5.41) is 1.65. The molecule has 0 amide bonds. The first kappa shape index (κ1) is 41.7. The maximum absolute atomic E-state index is 7.25. The highest BCUT2D eigenvalue weighted by Crippen LogP contribution is 2.39. The molecule has 5 nitrogen and oxygen atoms in total. The molecular formula is C51H23B10N5. The summed E-state index contributed by atoms with van der Waals surface area (Å²) in [5.74, 6) is 0.917. The molecule has 0 saturated heterocycles. The van der Waals surface area contributed by atoms with Crippen molar-refractivity contribution in [1.29, 1.82) is 0 Å². The van der Waals surface area contributed by atoms with Gasteiger partial charge in [-0.2, -0.15) is 9.97 Å². The van der Waals surface area contributed by atoms with Crippen molar-refractivity contribution in [3.05, 3.63) is 140 Å². The first-order chi connectivity index (χ1) is 31.9. The fourth-order valence-electron chi connectivity index (χ4n) is 9.22. The van der Waals surface area contributed by atoms with E-state index in [4.69, 9.17) is 93.4 Å². The molecule has 0 atom stereocenters. The summed E-state index contributed by atoms with van der Waals surface area (Å²) in [6.07, 6.45) is 0. The molecule has 11 aromatic rings. The standard InChI is InChI=1S/C51H23B10N5/c52-35-33-31-37(54)39(56)41(58)43(60)45(31)65(30-21-11-20-29(23-30)28-19-10-18-27(22-28)24-12-4-1-5-13-24)47(33)48-34(36(35)53)32-38(55)40(57)42(59)44(61)46(32)66(48)51-63-49(25-14-6-2-7-15-25)62-50(64-51)26-16-8-3-9-17-26/h1-23H. The lowest BCUT2D eigenvalue weighted by Crippen LogP contribution is -2.48. The van der Waals surface area contributed by atoms with Crippen molar-refractivity contribution in [1.82, 2.24) is 24.1 Å². The average molecular weight is 814 g/mol. The molecule has 3 aromatic heterocycles. The largest absolute Gasteiger partial charge is 0.308 e. The van der Waals surface area contributed by atoms with Crippen molar-refractivity contribution in [2.24, 2.45) is 0 Å². The van der Waals surface area contributed by atoms with Crippen LogP contribution in [0.2, 0.25) is 0 Å². The molecule has 15 heteroatoms. The van der Waals surface area contributed by atoms with E-state index in [1.54, 1.807) is 4.57 Å². The second-order valence-electron chi connectivity index (χ2n) is 16.2. The molecule has 0 N–H and O–H groups in total. The number of rotatable bonds is 6. The van der Waals surface area contributed by atoms with Crippen LogP contribution in [0.25, 0.3) is 100 Å². The van der Waals surface area contributed by atoms with E-state index in [0.29, 0.717) is 60.9 Å². The summed E-state index contributed by atoms with van der Waals surface area (Å²) in [4.78, 5) is 15.3. The minimum atomic E-state index is 0.0625. The normalized spacial score (nSPS) is 11.6. The number of fused-ring (bicyclic) bond motifs is 7. The van der Waals surface area contributed by atoms with Crippen LogP contribution >= 0.6 is 0 Å². The van der Waals surface area contributed by atoms with Crippen molar-refractivity contribution < 1.29 is 0 Å². The number of hydrogen-bond donors (Lipinski definition) is 0. The molecule has 0 aliphatic carbocycles. The van der Waals surface area contributed by atoms with Gasteiger partial charge in [0, 0.05) is 38.6 Å². The lowest BCUT2D eigenvalue weighted by atomic mass is 9.64. The molecule has 0 unspecified atom stereocenters. The van der Waals surface area contributed by atoms with Gasteiger partial charge in [-0.25, -0.2) is 4.98 Å². The summed E-state index contributed by atoms with van der Waals surface area (Å²) in [5.41, 5.74) is 9.05. The van der Waals surface area contributed by atoms with E-state index in [2.05, 4.69) is 36.4 Å². The van der Waals surface area contributed by atoms with Gasteiger partial charge < -0.3 is 4.57 Å². The van der Waals surface area contributed by atoms with Gasteiger partial charge in [-0.1, -0.05) is 154 Å². The molecule has 0 aliphatic rings. The molecule has 20 radical (unpaired) electrons. The molecule has 0 spiro atoms. The van der Waals surface area contributed by atoms with Crippen LogP contribution in [-0.4, -0.2) is 103 Å². The van der Waals surface area contributed by atoms with Crippen LogP contribution in [0.1, 0.15) is 0 Å². The molecule has 0 aliphatic heterocycles. The fraction of sp³-hybridized carbons (Fsp3) is 0. The highest BCUT2D eigenvalue weighted by Gasteiger charge is 2.30. The number of aromatic nitrogens is 5. The first-order valence-corrected chi connectivity index (χ1v) is 20.9. The monoisotopic (exact) mass is 815 g/mol. The molecule has 3 heterocycles. The van der Waals surface area contributed by atoms with Crippen molar-refractivity contribution in [3.63, 3.8) is 0 Å². The van der Waals surface area contributed by atoms with E-state index in [9.17, 15) is 0 Å². The third-order valence-electron chi connectivity index (χ3n) is 12.5. The van der Waals surface area contributed by atoms with Gasteiger partial charge in [0.1, 0.15) is 78.5 Å². The molecule has 0 fully saturated rings. The quantitative estimate of drug-likeness (QED) is 0.233. The number of nitrogens with zero attached hydrogens (tertiary/aromatic N) is 5. The number of hydrogen-bond acceptors (Lipinski definition) is 3. The summed E-state index contributed by atoms with van der Waals surface area (Å²) >= 11 is 0. The lowest BCUT2D eigenvalue weighted by Gasteiger charge is -2.18. The molecule has 8 aromatic carbocycles. The Balaban J connectivity index is 1.36. The Kier molecular flexibility index (Phi) is 10.0. The Morgan fingerprint density at radius 3 is 1.12 bits per heavy atom. The van der Waals surface area contributed by atoms with Gasteiger partial charge >= 0.3 is 0 Å². The topological polar surface area (TPSA) is 48.5 Å². The van der Waals surface area contributed by atoms with E-state index in [-0.39, 0.29) is 60.6 Å². The van der Waals surface area contributed by atoms with E-state index >= 15 is 0 Å². The van der Waals surface area contributed by atoms with Crippen molar-refractivity contribution in [3.8, 4) is 56.7 Å². The summed E-state index contributed by atoms with van der Waals surface area (Å²) in [6.45, 7) is 0. The second kappa shape index (κ2) is 15.9. The minimum Gasteiger partial charge on any atom is -0.308 e. The Labute approximate surface area is 395 Å². The highest BCUT2D eigenvalue weighted by atomic mass is 15.2. The predicted octanol–water partition coefficient (Wildman–Crippen LogP) is 0.672. The van der Waals surface area contributed by atoms with Crippen LogP contribution < -0.4 is 54.6 Å².